The quantitative estimate of drug-likeness (QED) is 0.171. The molecule has 0 spiro atoms. The minimum Gasteiger partial charge on any atom is -0.310 e. The van der Waals surface area contributed by atoms with E-state index in [4.69, 9.17) is 4.98 Å². The zero-order chi connectivity index (χ0) is 32.3. The van der Waals surface area contributed by atoms with Crippen LogP contribution in [0.15, 0.2) is 170 Å². The van der Waals surface area contributed by atoms with Crippen LogP contribution in [-0.4, -0.2) is 4.98 Å². The zero-order valence-corrected chi connectivity index (χ0v) is 28.0. The molecule has 0 aliphatic heterocycles. The lowest BCUT2D eigenvalue weighted by molar-refractivity contribution is 1.30. The van der Waals surface area contributed by atoms with Gasteiger partial charge < -0.3 is 4.90 Å². The highest BCUT2D eigenvalue weighted by molar-refractivity contribution is 7.28. The monoisotopic (exact) mass is 660 g/mol. The molecular formula is C45H28N2S2. The van der Waals surface area contributed by atoms with Gasteiger partial charge in [0.1, 0.15) is 5.01 Å². The van der Waals surface area contributed by atoms with E-state index in [2.05, 4.69) is 175 Å². The van der Waals surface area contributed by atoms with E-state index in [9.17, 15) is 0 Å². The van der Waals surface area contributed by atoms with E-state index in [0.717, 1.165) is 33.1 Å². The van der Waals surface area contributed by atoms with E-state index in [-0.39, 0.29) is 0 Å². The topological polar surface area (TPSA) is 16.1 Å². The maximum absolute atomic E-state index is 5.03. The number of anilines is 3. The summed E-state index contributed by atoms with van der Waals surface area (Å²) in [5, 5.41) is 8.69. The summed E-state index contributed by atoms with van der Waals surface area (Å²) < 4.78 is 3.82. The van der Waals surface area contributed by atoms with E-state index < -0.39 is 0 Å². The van der Waals surface area contributed by atoms with Crippen LogP contribution in [0.5, 0.6) is 0 Å². The molecule has 0 unspecified atom stereocenters. The van der Waals surface area contributed by atoms with Crippen LogP contribution in [0.2, 0.25) is 0 Å². The molecule has 230 valence electrons. The van der Waals surface area contributed by atoms with Gasteiger partial charge in [-0.05, 0) is 81.2 Å². The molecule has 0 bridgehead atoms. The van der Waals surface area contributed by atoms with Gasteiger partial charge in [-0.2, -0.15) is 0 Å². The Balaban J connectivity index is 1.14. The average molecular weight is 661 g/mol. The molecule has 49 heavy (non-hydrogen) atoms. The number of benzene rings is 8. The van der Waals surface area contributed by atoms with Gasteiger partial charge in [0, 0.05) is 42.8 Å². The van der Waals surface area contributed by atoms with Crippen LogP contribution in [0.4, 0.5) is 17.1 Å². The number of hydrogen-bond acceptors (Lipinski definition) is 4. The number of thiazole rings is 1. The zero-order valence-electron chi connectivity index (χ0n) is 26.4. The standard InChI is InChI=1S/C45H28N2S2/c1-3-9-29(10-4-1)30-17-19-34(20-18-30)47(35-21-23-38-33(27-35)16-15-31-11-7-8-14-37(31)38)36-22-24-39-42(28-36)48-41-26-25-40-44(43(39)41)49-45(46-40)32-12-5-2-6-13-32/h1-28H. The summed E-state index contributed by atoms with van der Waals surface area (Å²) >= 11 is 3.65. The Morgan fingerprint density at radius 2 is 1.04 bits per heavy atom. The first-order valence-electron chi connectivity index (χ1n) is 16.5. The fourth-order valence-corrected chi connectivity index (χ4v) is 9.44. The lowest BCUT2D eigenvalue weighted by atomic mass is 10.0. The van der Waals surface area contributed by atoms with Crippen molar-refractivity contribution < 1.29 is 0 Å². The Kier molecular flexibility index (Phi) is 6.57. The maximum Gasteiger partial charge on any atom is 0.124 e. The van der Waals surface area contributed by atoms with E-state index in [0.29, 0.717) is 0 Å². The van der Waals surface area contributed by atoms with Crippen LogP contribution in [0.3, 0.4) is 0 Å². The van der Waals surface area contributed by atoms with Crippen LogP contribution < -0.4 is 4.90 Å². The summed E-state index contributed by atoms with van der Waals surface area (Å²) in [5.74, 6) is 0. The van der Waals surface area contributed by atoms with Gasteiger partial charge in [-0.3, -0.25) is 0 Å². The van der Waals surface area contributed by atoms with Gasteiger partial charge in [-0.25, -0.2) is 4.98 Å². The molecule has 0 saturated heterocycles. The minimum absolute atomic E-state index is 1.06. The molecule has 0 aliphatic rings. The minimum atomic E-state index is 1.06. The van der Waals surface area contributed by atoms with E-state index in [1.54, 1.807) is 11.3 Å². The number of nitrogens with zero attached hydrogens (tertiary/aromatic N) is 2. The maximum atomic E-state index is 5.03. The predicted molar refractivity (Wildman–Crippen MR) is 213 cm³/mol. The number of aromatic nitrogens is 1. The van der Waals surface area contributed by atoms with Crippen molar-refractivity contribution in [3.05, 3.63) is 170 Å². The summed E-state index contributed by atoms with van der Waals surface area (Å²) in [6.07, 6.45) is 0. The Bertz CT molecular complexity index is 2820. The Labute approximate surface area is 291 Å². The lowest BCUT2D eigenvalue weighted by Crippen LogP contribution is -2.09. The van der Waals surface area contributed by atoms with Crippen LogP contribution in [0.25, 0.3) is 73.6 Å². The number of hydrogen-bond donors (Lipinski definition) is 0. The van der Waals surface area contributed by atoms with Gasteiger partial charge in [0.25, 0.3) is 0 Å². The van der Waals surface area contributed by atoms with Gasteiger partial charge in [0.15, 0.2) is 0 Å². The van der Waals surface area contributed by atoms with Crippen LogP contribution in [0.1, 0.15) is 0 Å². The largest absolute Gasteiger partial charge is 0.310 e. The van der Waals surface area contributed by atoms with Crippen molar-refractivity contribution in [2.75, 3.05) is 4.90 Å². The molecule has 2 heterocycles. The smallest absolute Gasteiger partial charge is 0.124 e. The Hall–Kier alpha value is -5.81. The molecule has 2 nitrogen and oxygen atoms in total. The molecule has 0 fully saturated rings. The summed E-state index contributed by atoms with van der Waals surface area (Å²) in [4.78, 5) is 7.42. The molecule has 10 aromatic rings. The van der Waals surface area contributed by atoms with Crippen molar-refractivity contribution in [1.29, 1.82) is 0 Å². The van der Waals surface area contributed by atoms with Gasteiger partial charge >= 0.3 is 0 Å². The van der Waals surface area contributed by atoms with Crippen molar-refractivity contribution in [3.63, 3.8) is 0 Å². The first-order valence-corrected chi connectivity index (χ1v) is 18.1. The third-order valence-electron chi connectivity index (χ3n) is 9.47. The van der Waals surface area contributed by atoms with Crippen molar-refractivity contribution in [2.45, 2.75) is 0 Å². The first kappa shape index (κ1) is 28.2. The molecule has 2 aromatic heterocycles. The van der Waals surface area contributed by atoms with Gasteiger partial charge in [0.05, 0.1) is 10.2 Å². The van der Waals surface area contributed by atoms with Crippen molar-refractivity contribution in [2.24, 2.45) is 0 Å². The van der Waals surface area contributed by atoms with E-state index >= 15 is 0 Å². The Morgan fingerprint density at radius 1 is 0.408 bits per heavy atom. The molecule has 0 saturated carbocycles. The molecule has 0 N–H and O–H groups in total. The number of rotatable bonds is 5. The normalized spacial score (nSPS) is 11.7. The number of fused-ring (bicyclic) bond motifs is 8. The van der Waals surface area contributed by atoms with Crippen LogP contribution in [-0.2, 0) is 0 Å². The third-order valence-corrected chi connectivity index (χ3v) is 11.7. The third kappa shape index (κ3) is 4.80. The SMILES string of the molecule is c1ccc(-c2ccc(N(c3ccc4c(ccc5ccccc54)c3)c3ccc4c(c3)sc3ccc5nc(-c6ccccc6)sc5c34)cc2)cc1. The molecule has 4 heteroatoms. The molecule has 8 aromatic carbocycles. The fourth-order valence-electron chi connectivity index (χ4n) is 7.10. The summed E-state index contributed by atoms with van der Waals surface area (Å²) in [6, 6.07) is 61.4. The highest BCUT2D eigenvalue weighted by Gasteiger charge is 2.18. The summed E-state index contributed by atoms with van der Waals surface area (Å²) in [6.45, 7) is 0. The van der Waals surface area contributed by atoms with Gasteiger partial charge in [-0.15, -0.1) is 22.7 Å². The second-order valence-corrected chi connectivity index (χ2v) is 14.5. The predicted octanol–water partition coefficient (Wildman–Crippen LogP) is 13.8. The van der Waals surface area contributed by atoms with Gasteiger partial charge in [-0.1, -0.05) is 121 Å². The summed E-state index contributed by atoms with van der Waals surface area (Å²) in [5.41, 5.74) is 8.04. The average Bonchev–Trinajstić information content (AvgIpc) is 3.77. The molecule has 0 aliphatic carbocycles. The highest BCUT2D eigenvalue weighted by atomic mass is 32.1. The molecule has 0 radical (unpaired) electrons. The first-order chi connectivity index (χ1) is 24.3. The fraction of sp³-hybridized carbons (Fsp3) is 0. The molecule has 10 rings (SSSR count). The number of thiophene rings is 1. The Morgan fingerprint density at radius 3 is 1.86 bits per heavy atom. The van der Waals surface area contributed by atoms with Crippen LogP contribution >= 0.6 is 22.7 Å². The van der Waals surface area contributed by atoms with E-state index in [1.165, 1.54) is 57.5 Å². The molecule has 0 atom stereocenters. The van der Waals surface area contributed by atoms with Crippen molar-refractivity contribution in [1.82, 2.24) is 4.98 Å². The van der Waals surface area contributed by atoms with E-state index in [1.807, 2.05) is 11.3 Å². The lowest BCUT2D eigenvalue weighted by Gasteiger charge is -2.26. The van der Waals surface area contributed by atoms with Crippen LogP contribution in [0, 0.1) is 0 Å². The molecular weight excluding hydrogens is 633 g/mol. The second-order valence-electron chi connectivity index (χ2n) is 12.4. The summed E-state index contributed by atoms with van der Waals surface area (Å²) in [7, 11) is 0. The van der Waals surface area contributed by atoms with Crippen molar-refractivity contribution in [3.8, 4) is 21.7 Å². The van der Waals surface area contributed by atoms with Gasteiger partial charge in [0.2, 0.25) is 0 Å². The second kappa shape index (κ2) is 11.4. The highest BCUT2D eigenvalue weighted by Crippen LogP contribution is 2.45. The van der Waals surface area contributed by atoms with Crippen molar-refractivity contribution >= 4 is 91.7 Å². The molecule has 0 amide bonds.